The van der Waals surface area contributed by atoms with Crippen molar-refractivity contribution in [3.05, 3.63) is 11.3 Å². The molecule has 4 nitrogen and oxygen atoms in total. The molecule has 0 aliphatic carbocycles. The van der Waals surface area contributed by atoms with Crippen LogP contribution >= 0.6 is 0 Å². The Bertz CT molecular complexity index is 381. The molecule has 0 bridgehead atoms. The fraction of sp³-hybridized carbons (Fsp3) is 0.692. The minimum Gasteiger partial charge on any atom is -0.383 e. The molecule has 94 valence electrons. The Hall–Kier alpha value is -1.32. The first kappa shape index (κ1) is 12.1. The van der Waals surface area contributed by atoms with Gasteiger partial charge in [0.2, 0.25) is 5.95 Å². The van der Waals surface area contributed by atoms with E-state index in [1.54, 1.807) is 0 Å². The summed E-state index contributed by atoms with van der Waals surface area (Å²) in [6, 6.07) is 0. The predicted molar refractivity (Wildman–Crippen MR) is 71.2 cm³/mol. The van der Waals surface area contributed by atoms with Crippen molar-refractivity contribution in [2.24, 2.45) is 0 Å². The van der Waals surface area contributed by atoms with Gasteiger partial charge in [0.25, 0.3) is 0 Å². The second kappa shape index (κ2) is 5.34. The number of hydrogen-bond acceptors (Lipinski definition) is 4. The zero-order valence-electron chi connectivity index (χ0n) is 10.9. The molecule has 0 atom stereocenters. The second-order valence-corrected chi connectivity index (χ2v) is 4.74. The highest BCUT2D eigenvalue weighted by molar-refractivity contribution is 5.47. The summed E-state index contributed by atoms with van der Waals surface area (Å²) >= 11 is 0. The summed E-state index contributed by atoms with van der Waals surface area (Å²) in [5, 5.41) is 0. The molecule has 1 aromatic rings. The Morgan fingerprint density at radius 3 is 2.35 bits per heavy atom. The van der Waals surface area contributed by atoms with Crippen LogP contribution in [0, 0.1) is 6.92 Å². The normalized spacial score (nSPS) is 16.9. The minimum atomic E-state index is 0.635. The molecule has 0 radical (unpaired) electrons. The van der Waals surface area contributed by atoms with E-state index in [0.717, 1.165) is 36.7 Å². The first-order valence-corrected chi connectivity index (χ1v) is 6.60. The van der Waals surface area contributed by atoms with Gasteiger partial charge in [-0.2, -0.15) is 4.98 Å². The van der Waals surface area contributed by atoms with E-state index in [9.17, 15) is 0 Å². The summed E-state index contributed by atoms with van der Waals surface area (Å²) in [5.41, 5.74) is 8.08. The third kappa shape index (κ3) is 2.68. The molecule has 0 aromatic carbocycles. The van der Waals surface area contributed by atoms with Gasteiger partial charge in [0.05, 0.1) is 5.69 Å². The molecular weight excluding hydrogens is 212 g/mol. The standard InChI is InChI=1S/C13H22N4/c1-3-11-10(2)12(14)16-13(15-11)17-8-6-4-5-7-9-17/h3-9H2,1-2H3,(H2,14,15,16). The molecule has 1 saturated heterocycles. The molecule has 2 N–H and O–H groups in total. The molecule has 0 unspecified atom stereocenters. The van der Waals surface area contributed by atoms with E-state index in [1.165, 1.54) is 25.7 Å². The fourth-order valence-corrected chi connectivity index (χ4v) is 2.33. The maximum absolute atomic E-state index is 5.96. The highest BCUT2D eigenvalue weighted by Crippen LogP contribution is 2.20. The van der Waals surface area contributed by atoms with Crippen LogP contribution in [0.15, 0.2) is 0 Å². The maximum atomic E-state index is 5.96. The average Bonchev–Trinajstić information content (AvgIpc) is 2.61. The molecule has 1 fully saturated rings. The van der Waals surface area contributed by atoms with E-state index in [1.807, 2.05) is 6.92 Å². The highest BCUT2D eigenvalue weighted by atomic mass is 15.3. The third-order valence-electron chi connectivity index (χ3n) is 3.50. The lowest BCUT2D eigenvalue weighted by atomic mass is 10.2. The molecule has 2 rings (SSSR count). The predicted octanol–water partition coefficient (Wildman–Crippen LogP) is 2.31. The van der Waals surface area contributed by atoms with Gasteiger partial charge in [-0.15, -0.1) is 0 Å². The Balaban J connectivity index is 2.27. The number of rotatable bonds is 2. The van der Waals surface area contributed by atoms with Crippen LogP contribution in [-0.4, -0.2) is 23.1 Å². The van der Waals surface area contributed by atoms with Crippen LogP contribution in [0.5, 0.6) is 0 Å². The molecule has 0 saturated carbocycles. The van der Waals surface area contributed by atoms with Crippen molar-refractivity contribution < 1.29 is 0 Å². The Labute approximate surface area is 103 Å². The number of hydrogen-bond donors (Lipinski definition) is 1. The van der Waals surface area contributed by atoms with Crippen LogP contribution in [0.2, 0.25) is 0 Å². The number of aryl methyl sites for hydroxylation is 1. The van der Waals surface area contributed by atoms with Crippen molar-refractivity contribution in [2.75, 3.05) is 23.7 Å². The van der Waals surface area contributed by atoms with Gasteiger partial charge in [-0.05, 0) is 26.2 Å². The highest BCUT2D eigenvalue weighted by Gasteiger charge is 2.15. The molecule has 1 aliphatic rings. The third-order valence-corrected chi connectivity index (χ3v) is 3.50. The van der Waals surface area contributed by atoms with Crippen LogP contribution in [0.25, 0.3) is 0 Å². The van der Waals surface area contributed by atoms with Gasteiger partial charge in [-0.1, -0.05) is 19.8 Å². The van der Waals surface area contributed by atoms with Crippen LogP contribution in [0.3, 0.4) is 0 Å². The number of nitrogens with zero attached hydrogens (tertiary/aromatic N) is 3. The Morgan fingerprint density at radius 1 is 1.12 bits per heavy atom. The first-order valence-electron chi connectivity index (χ1n) is 6.60. The van der Waals surface area contributed by atoms with E-state index in [-0.39, 0.29) is 0 Å². The van der Waals surface area contributed by atoms with Crippen LogP contribution < -0.4 is 10.6 Å². The number of aromatic nitrogens is 2. The van der Waals surface area contributed by atoms with Gasteiger partial charge < -0.3 is 10.6 Å². The number of nitrogen functional groups attached to an aromatic ring is 1. The van der Waals surface area contributed by atoms with Crippen LogP contribution in [-0.2, 0) is 6.42 Å². The largest absolute Gasteiger partial charge is 0.383 e. The molecule has 0 amide bonds. The molecule has 1 aromatic heterocycles. The lowest BCUT2D eigenvalue weighted by molar-refractivity contribution is 0.726. The van der Waals surface area contributed by atoms with E-state index in [0.29, 0.717) is 5.82 Å². The number of anilines is 2. The van der Waals surface area contributed by atoms with Crippen LogP contribution in [0.1, 0.15) is 43.9 Å². The van der Waals surface area contributed by atoms with Crippen molar-refractivity contribution in [2.45, 2.75) is 46.0 Å². The van der Waals surface area contributed by atoms with E-state index in [2.05, 4.69) is 21.8 Å². The fourth-order valence-electron chi connectivity index (χ4n) is 2.33. The summed E-state index contributed by atoms with van der Waals surface area (Å²) in [6.07, 6.45) is 6.02. The van der Waals surface area contributed by atoms with Crippen molar-refractivity contribution in [3.8, 4) is 0 Å². The molecular formula is C13H22N4. The zero-order valence-corrected chi connectivity index (χ0v) is 10.9. The van der Waals surface area contributed by atoms with Gasteiger partial charge in [0, 0.05) is 18.7 Å². The maximum Gasteiger partial charge on any atom is 0.227 e. The molecule has 4 heteroatoms. The van der Waals surface area contributed by atoms with Crippen molar-refractivity contribution >= 4 is 11.8 Å². The summed E-state index contributed by atoms with van der Waals surface area (Å²) in [5.74, 6) is 1.46. The lowest BCUT2D eigenvalue weighted by Gasteiger charge is -2.21. The topological polar surface area (TPSA) is 55.0 Å². The summed E-state index contributed by atoms with van der Waals surface area (Å²) in [6.45, 7) is 6.23. The molecule has 2 heterocycles. The van der Waals surface area contributed by atoms with Crippen molar-refractivity contribution in [3.63, 3.8) is 0 Å². The minimum absolute atomic E-state index is 0.635. The summed E-state index contributed by atoms with van der Waals surface area (Å²) in [7, 11) is 0. The lowest BCUT2D eigenvalue weighted by Crippen LogP contribution is -2.27. The summed E-state index contributed by atoms with van der Waals surface area (Å²) in [4.78, 5) is 11.4. The van der Waals surface area contributed by atoms with Crippen LogP contribution in [0.4, 0.5) is 11.8 Å². The Kier molecular flexibility index (Phi) is 3.82. The summed E-state index contributed by atoms with van der Waals surface area (Å²) < 4.78 is 0. The van der Waals surface area contributed by atoms with Crippen molar-refractivity contribution in [1.82, 2.24) is 9.97 Å². The van der Waals surface area contributed by atoms with E-state index < -0.39 is 0 Å². The van der Waals surface area contributed by atoms with E-state index >= 15 is 0 Å². The molecule has 17 heavy (non-hydrogen) atoms. The average molecular weight is 234 g/mol. The zero-order chi connectivity index (χ0) is 12.3. The van der Waals surface area contributed by atoms with Gasteiger partial charge >= 0.3 is 0 Å². The second-order valence-electron chi connectivity index (χ2n) is 4.74. The van der Waals surface area contributed by atoms with E-state index in [4.69, 9.17) is 5.73 Å². The first-order chi connectivity index (χ1) is 8.22. The van der Waals surface area contributed by atoms with Gasteiger partial charge in [0.1, 0.15) is 5.82 Å². The van der Waals surface area contributed by atoms with Crippen molar-refractivity contribution in [1.29, 1.82) is 0 Å². The van der Waals surface area contributed by atoms with Gasteiger partial charge in [0.15, 0.2) is 0 Å². The monoisotopic (exact) mass is 234 g/mol. The molecule has 0 spiro atoms. The van der Waals surface area contributed by atoms with Gasteiger partial charge in [-0.3, -0.25) is 0 Å². The molecule has 1 aliphatic heterocycles. The van der Waals surface area contributed by atoms with Gasteiger partial charge in [-0.25, -0.2) is 4.98 Å². The quantitative estimate of drug-likeness (QED) is 0.853. The smallest absolute Gasteiger partial charge is 0.227 e. The number of nitrogens with two attached hydrogens (primary N) is 1. The Morgan fingerprint density at radius 2 is 1.76 bits per heavy atom. The SMILES string of the molecule is CCc1nc(N2CCCCCC2)nc(N)c1C.